The highest BCUT2D eigenvalue weighted by Gasteiger charge is 2.23. The Labute approximate surface area is 135 Å². The molecule has 124 valence electrons. The van der Waals surface area contributed by atoms with Crippen molar-refractivity contribution >= 4 is 28.3 Å². The van der Waals surface area contributed by atoms with E-state index < -0.39 is 11.9 Å². The third-order valence-electron chi connectivity index (χ3n) is 3.32. The number of unbranched alkanes of at least 4 members (excludes halogenated alkanes) is 1. The smallest absolute Gasteiger partial charge is 0.341 e. The Morgan fingerprint density at radius 2 is 2.09 bits per heavy atom. The fourth-order valence-corrected chi connectivity index (χ4v) is 3.15. The maximum atomic E-state index is 12.1. The van der Waals surface area contributed by atoms with Crippen molar-refractivity contribution < 1.29 is 19.4 Å². The van der Waals surface area contributed by atoms with Crippen LogP contribution in [0.25, 0.3) is 0 Å². The van der Waals surface area contributed by atoms with E-state index in [9.17, 15) is 9.59 Å². The molecule has 0 fully saturated rings. The Morgan fingerprint density at radius 3 is 2.64 bits per heavy atom. The van der Waals surface area contributed by atoms with E-state index in [1.54, 1.807) is 13.8 Å². The lowest BCUT2D eigenvalue weighted by atomic mass is 10.1. The molecule has 5 nitrogen and oxygen atoms in total. The van der Waals surface area contributed by atoms with Gasteiger partial charge in [-0.1, -0.05) is 20.3 Å². The molecular formula is C16H25NO4S. The van der Waals surface area contributed by atoms with Crippen LogP contribution in [0, 0.1) is 12.8 Å². The molecule has 0 aliphatic rings. The van der Waals surface area contributed by atoms with Crippen LogP contribution in [0.1, 0.15) is 48.8 Å². The third kappa shape index (κ3) is 5.02. The van der Waals surface area contributed by atoms with Crippen molar-refractivity contribution in [2.24, 2.45) is 5.92 Å². The maximum absolute atomic E-state index is 12.1. The molecule has 22 heavy (non-hydrogen) atoms. The number of ether oxygens (including phenoxy) is 1. The summed E-state index contributed by atoms with van der Waals surface area (Å²) in [6.07, 6.45) is 1.96. The van der Waals surface area contributed by atoms with Gasteiger partial charge < -0.3 is 14.7 Å². The zero-order valence-electron chi connectivity index (χ0n) is 13.7. The number of aliphatic carboxylic acids is 1. The van der Waals surface area contributed by atoms with E-state index >= 15 is 0 Å². The fourth-order valence-electron chi connectivity index (χ4n) is 2.13. The molecule has 1 aromatic rings. The van der Waals surface area contributed by atoms with Crippen LogP contribution in [0.4, 0.5) is 5.00 Å². The molecule has 0 amide bonds. The Hall–Kier alpha value is -1.56. The molecule has 1 unspecified atom stereocenters. The Balaban J connectivity index is 3.07. The number of carbonyl (C=O) groups is 2. The molecule has 1 rings (SSSR count). The first-order valence-electron chi connectivity index (χ1n) is 7.65. The number of hydrogen-bond donors (Lipinski definition) is 1. The van der Waals surface area contributed by atoms with E-state index in [2.05, 4.69) is 6.92 Å². The van der Waals surface area contributed by atoms with Crippen molar-refractivity contribution in [2.45, 2.75) is 40.5 Å². The highest BCUT2D eigenvalue weighted by atomic mass is 32.1. The van der Waals surface area contributed by atoms with Gasteiger partial charge in [-0.25, -0.2) is 4.79 Å². The van der Waals surface area contributed by atoms with Gasteiger partial charge in [0.15, 0.2) is 0 Å². The van der Waals surface area contributed by atoms with Gasteiger partial charge in [0.2, 0.25) is 0 Å². The highest BCUT2D eigenvalue weighted by molar-refractivity contribution is 7.16. The fraction of sp³-hybridized carbons (Fsp3) is 0.625. The summed E-state index contributed by atoms with van der Waals surface area (Å²) in [5, 5.41) is 9.97. The van der Waals surface area contributed by atoms with Gasteiger partial charge >= 0.3 is 11.9 Å². The quantitative estimate of drug-likeness (QED) is 0.702. The van der Waals surface area contributed by atoms with Crippen molar-refractivity contribution in [3.05, 3.63) is 16.5 Å². The largest absolute Gasteiger partial charge is 0.481 e. The summed E-state index contributed by atoms with van der Waals surface area (Å²) in [7, 11) is 0. The average molecular weight is 327 g/mol. The number of nitrogens with zero attached hydrogens (tertiary/aromatic N) is 1. The second kappa shape index (κ2) is 8.78. The monoisotopic (exact) mass is 327 g/mol. The number of aryl methyl sites for hydroxylation is 1. The van der Waals surface area contributed by atoms with Crippen LogP contribution in [0.5, 0.6) is 0 Å². The molecule has 0 bridgehead atoms. The number of rotatable bonds is 9. The summed E-state index contributed by atoms with van der Waals surface area (Å²) in [6.45, 7) is 8.94. The topological polar surface area (TPSA) is 66.8 Å². The van der Waals surface area contributed by atoms with Gasteiger partial charge in [0.05, 0.1) is 18.1 Å². The summed E-state index contributed by atoms with van der Waals surface area (Å²) in [5.74, 6) is -1.66. The molecule has 6 heteroatoms. The second-order valence-electron chi connectivity index (χ2n) is 5.34. The molecular weight excluding hydrogens is 302 g/mol. The van der Waals surface area contributed by atoms with E-state index in [-0.39, 0.29) is 5.97 Å². The Morgan fingerprint density at radius 1 is 1.41 bits per heavy atom. The van der Waals surface area contributed by atoms with Crippen molar-refractivity contribution in [3.8, 4) is 0 Å². The van der Waals surface area contributed by atoms with Crippen LogP contribution in [-0.4, -0.2) is 36.7 Å². The molecule has 0 spiro atoms. The molecule has 0 aliphatic carbocycles. The predicted molar refractivity (Wildman–Crippen MR) is 88.9 cm³/mol. The summed E-state index contributed by atoms with van der Waals surface area (Å²) < 4.78 is 5.11. The zero-order chi connectivity index (χ0) is 16.7. The number of anilines is 1. The molecule has 0 aliphatic heterocycles. The van der Waals surface area contributed by atoms with Gasteiger partial charge in [0, 0.05) is 18.0 Å². The van der Waals surface area contributed by atoms with Crippen molar-refractivity contribution in [3.63, 3.8) is 0 Å². The van der Waals surface area contributed by atoms with E-state index in [0.717, 1.165) is 29.3 Å². The molecule has 1 atom stereocenters. The maximum Gasteiger partial charge on any atom is 0.341 e. The molecule has 1 heterocycles. The SMILES string of the molecule is CCCCN(CC(C)C(=O)O)c1sc(C)cc1C(=O)OCC. The Kier molecular flexibility index (Phi) is 7.38. The van der Waals surface area contributed by atoms with Gasteiger partial charge in [0.1, 0.15) is 5.00 Å². The highest BCUT2D eigenvalue weighted by Crippen LogP contribution is 2.32. The normalized spacial score (nSPS) is 12.0. The first-order chi connectivity index (χ1) is 10.4. The molecule has 1 aromatic heterocycles. The lowest BCUT2D eigenvalue weighted by Crippen LogP contribution is -2.33. The van der Waals surface area contributed by atoms with Crippen LogP contribution in [-0.2, 0) is 9.53 Å². The van der Waals surface area contributed by atoms with Crippen LogP contribution in [0.15, 0.2) is 6.07 Å². The lowest BCUT2D eigenvalue weighted by molar-refractivity contribution is -0.140. The molecule has 0 radical (unpaired) electrons. The zero-order valence-corrected chi connectivity index (χ0v) is 14.5. The second-order valence-corrected chi connectivity index (χ2v) is 6.57. The predicted octanol–water partition coefficient (Wildman–Crippen LogP) is 3.56. The van der Waals surface area contributed by atoms with E-state index in [1.807, 2.05) is 17.9 Å². The minimum Gasteiger partial charge on any atom is -0.481 e. The molecule has 0 saturated carbocycles. The van der Waals surface area contributed by atoms with Gasteiger partial charge in [-0.05, 0) is 26.3 Å². The molecule has 1 N–H and O–H groups in total. The third-order valence-corrected chi connectivity index (χ3v) is 4.43. The van der Waals surface area contributed by atoms with Crippen LogP contribution in [0.2, 0.25) is 0 Å². The minimum atomic E-state index is -0.826. The van der Waals surface area contributed by atoms with E-state index in [4.69, 9.17) is 9.84 Å². The van der Waals surface area contributed by atoms with Gasteiger partial charge in [0.25, 0.3) is 0 Å². The summed E-state index contributed by atoms with van der Waals surface area (Å²) in [6, 6.07) is 1.82. The minimum absolute atomic E-state index is 0.327. The van der Waals surface area contributed by atoms with E-state index in [1.165, 1.54) is 11.3 Å². The average Bonchev–Trinajstić information content (AvgIpc) is 2.85. The van der Waals surface area contributed by atoms with Crippen LogP contribution < -0.4 is 4.90 Å². The number of hydrogen-bond acceptors (Lipinski definition) is 5. The summed E-state index contributed by atoms with van der Waals surface area (Å²) in [4.78, 5) is 26.3. The van der Waals surface area contributed by atoms with Crippen molar-refractivity contribution in [1.82, 2.24) is 0 Å². The van der Waals surface area contributed by atoms with Gasteiger partial charge in [-0.3, -0.25) is 4.79 Å². The van der Waals surface area contributed by atoms with Gasteiger partial charge in [-0.2, -0.15) is 0 Å². The van der Waals surface area contributed by atoms with Crippen molar-refractivity contribution in [2.75, 3.05) is 24.6 Å². The number of esters is 1. The number of carbonyl (C=O) groups excluding carboxylic acids is 1. The lowest BCUT2D eigenvalue weighted by Gasteiger charge is -2.26. The number of carboxylic acids is 1. The number of thiophene rings is 1. The standard InChI is InChI=1S/C16H25NO4S/c1-5-7-8-17(10-11(3)15(18)19)14-13(9-12(4)22-14)16(20)21-6-2/h9,11H,5-8,10H2,1-4H3,(H,18,19). The first-order valence-corrected chi connectivity index (χ1v) is 8.47. The van der Waals surface area contributed by atoms with E-state index in [0.29, 0.717) is 18.7 Å². The Bertz CT molecular complexity index is 512. The molecule has 0 aromatic carbocycles. The van der Waals surface area contributed by atoms with Gasteiger partial charge in [-0.15, -0.1) is 11.3 Å². The number of carboxylic acid groups (broad SMARTS) is 1. The molecule has 0 saturated heterocycles. The van der Waals surface area contributed by atoms with Crippen LogP contribution >= 0.6 is 11.3 Å². The summed E-state index contributed by atoms with van der Waals surface area (Å²) in [5.41, 5.74) is 0.540. The first kappa shape index (κ1) is 18.5. The van der Waals surface area contributed by atoms with Crippen LogP contribution in [0.3, 0.4) is 0 Å². The van der Waals surface area contributed by atoms with Crippen molar-refractivity contribution in [1.29, 1.82) is 0 Å². The summed E-state index contributed by atoms with van der Waals surface area (Å²) >= 11 is 1.51.